The van der Waals surface area contributed by atoms with E-state index < -0.39 is 5.91 Å². The summed E-state index contributed by atoms with van der Waals surface area (Å²) in [6.07, 6.45) is 4.04. The van der Waals surface area contributed by atoms with Crippen molar-refractivity contribution < 1.29 is 4.79 Å². The minimum atomic E-state index is -0.421. The number of carbonyl (C=O) groups excluding carboxylic acids is 1. The third-order valence-electron chi connectivity index (χ3n) is 5.90. The maximum atomic E-state index is 11.4. The number of benzene rings is 2. The van der Waals surface area contributed by atoms with Crippen molar-refractivity contribution in [2.75, 3.05) is 38.6 Å². The summed E-state index contributed by atoms with van der Waals surface area (Å²) >= 11 is 0. The Hall–Kier alpha value is -3.25. The molecule has 6 nitrogen and oxygen atoms in total. The minimum Gasteiger partial charge on any atom is -0.366 e. The first kappa shape index (κ1) is 21.0. The van der Waals surface area contributed by atoms with Crippen LogP contribution in [0.15, 0.2) is 60.8 Å². The lowest BCUT2D eigenvalue weighted by molar-refractivity contribution is 0.100. The van der Waals surface area contributed by atoms with Crippen LogP contribution in [0.25, 0.3) is 11.1 Å². The van der Waals surface area contributed by atoms with Gasteiger partial charge in [-0.05, 0) is 42.6 Å². The van der Waals surface area contributed by atoms with Crippen molar-refractivity contribution in [1.29, 1.82) is 0 Å². The molecule has 1 aliphatic rings. The summed E-state index contributed by atoms with van der Waals surface area (Å²) < 4.78 is 0. The van der Waals surface area contributed by atoms with Gasteiger partial charge < -0.3 is 15.5 Å². The normalized spacial score (nSPS) is 16.4. The van der Waals surface area contributed by atoms with Crippen LogP contribution in [0.2, 0.25) is 0 Å². The number of amides is 1. The van der Waals surface area contributed by atoms with Crippen molar-refractivity contribution in [3.63, 3.8) is 0 Å². The van der Waals surface area contributed by atoms with Gasteiger partial charge in [0.1, 0.15) is 0 Å². The molecule has 1 amide bonds. The van der Waals surface area contributed by atoms with Crippen LogP contribution in [0.5, 0.6) is 0 Å². The van der Waals surface area contributed by atoms with Gasteiger partial charge in [0.05, 0.1) is 5.69 Å². The summed E-state index contributed by atoms with van der Waals surface area (Å²) in [4.78, 5) is 25.4. The quantitative estimate of drug-likeness (QED) is 0.641. The number of anilines is 1. The largest absolute Gasteiger partial charge is 0.366 e. The molecule has 0 bridgehead atoms. The average molecular weight is 416 g/mol. The summed E-state index contributed by atoms with van der Waals surface area (Å²) in [5, 5.41) is 0. The highest BCUT2D eigenvalue weighted by molar-refractivity contribution is 5.93. The number of rotatable bonds is 7. The predicted molar refractivity (Wildman–Crippen MR) is 124 cm³/mol. The van der Waals surface area contributed by atoms with E-state index in [4.69, 9.17) is 10.7 Å². The van der Waals surface area contributed by atoms with Crippen molar-refractivity contribution in [2.24, 2.45) is 5.73 Å². The van der Waals surface area contributed by atoms with Gasteiger partial charge in [0.15, 0.2) is 0 Å². The Morgan fingerprint density at radius 1 is 1.13 bits per heavy atom. The van der Waals surface area contributed by atoms with Gasteiger partial charge in [-0.25, -0.2) is 9.97 Å². The number of aromatic nitrogens is 2. The molecule has 2 aromatic carbocycles. The second-order valence-electron chi connectivity index (χ2n) is 8.33. The molecule has 4 rings (SSSR count). The molecule has 0 saturated carbocycles. The Morgan fingerprint density at radius 2 is 1.87 bits per heavy atom. The number of nitrogens with two attached hydrogens (primary N) is 1. The first-order chi connectivity index (χ1) is 15.0. The molecular weight excluding hydrogens is 386 g/mol. The van der Waals surface area contributed by atoms with E-state index in [9.17, 15) is 4.79 Å². The van der Waals surface area contributed by atoms with Crippen molar-refractivity contribution >= 4 is 11.9 Å². The minimum absolute atomic E-state index is 0.350. The molecule has 1 aliphatic heterocycles. The van der Waals surface area contributed by atoms with E-state index in [1.807, 2.05) is 37.3 Å². The molecule has 0 spiro atoms. The zero-order valence-electron chi connectivity index (χ0n) is 18.2. The Balaban J connectivity index is 1.56. The predicted octanol–water partition coefficient (Wildman–Crippen LogP) is 3.34. The third kappa shape index (κ3) is 4.91. The molecule has 160 valence electrons. The zero-order valence-corrected chi connectivity index (χ0v) is 18.2. The summed E-state index contributed by atoms with van der Waals surface area (Å²) in [6.45, 7) is 3.11. The Bertz CT molecular complexity index is 1030. The van der Waals surface area contributed by atoms with Gasteiger partial charge >= 0.3 is 0 Å². The molecule has 1 aromatic heterocycles. The molecule has 0 unspecified atom stereocenters. The highest BCUT2D eigenvalue weighted by atomic mass is 16.1. The molecule has 0 radical (unpaired) electrons. The molecule has 0 aliphatic carbocycles. The van der Waals surface area contributed by atoms with Crippen LogP contribution in [0.3, 0.4) is 0 Å². The van der Waals surface area contributed by atoms with Gasteiger partial charge in [-0.3, -0.25) is 4.79 Å². The Labute approximate surface area is 183 Å². The highest BCUT2D eigenvalue weighted by Crippen LogP contribution is 2.34. The number of hydrogen-bond acceptors (Lipinski definition) is 5. The van der Waals surface area contributed by atoms with E-state index in [2.05, 4.69) is 40.2 Å². The number of likely N-dealkylation sites (tertiary alicyclic amines) is 1. The van der Waals surface area contributed by atoms with Crippen molar-refractivity contribution in [2.45, 2.75) is 18.8 Å². The average Bonchev–Trinajstić information content (AvgIpc) is 3.27. The SMILES string of the molecule is CN(C)c1ncc(-c2ccc(C(N)=O)cc2)c([C@@H]2CCN(CCc3ccccc3)C2)n1. The van der Waals surface area contributed by atoms with Crippen LogP contribution in [0.4, 0.5) is 5.95 Å². The second kappa shape index (κ2) is 9.27. The van der Waals surface area contributed by atoms with E-state index in [0.717, 1.165) is 55.2 Å². The number of hydrogen-bond donors (Lipinski definition) is 1. The van der Waals surface area contributed by atoms with E-state index >= 15 is 0 Å². The summed E-state index contributed by atoms with van der Waals surface area (Å²) in [6, 6.07) is 18.0. The molecule has 31 heavy (non-hydrogen) atoms. The van der Waals surface area contributed by atoms with Crippen LogP contribution in [0, 0.1) is 0 Å². The summed E-state index contributed by atoms with van der Waals surface area (Å²) in [7, 11) is 3.92. The first-order valence-electron chi connectivity index (χ1n) is 10.7. The number of carbonyl (C=O) groups is 1. The topological polar surface area (TPSA) is 75.4 Å². The molecule has 6 heteroatoms. The highest BCUT2D eigenvalue weighted by Gasteiger charge is 2.28. The van der Waals surface area contributed by atoms with Gasteiger partial charge in [-0.1, -0.05) is 42.5 Å². The van der Waals surface area contributed by atoms with E-state index in [0.29, 0.717) is 11.5 Å². The molecule has 1 saturated heterocycles. The van der Waals surface area contributed by atoms with Gasteiger partial charge in [0.25, 0.3) is 0 Å². The maximum Gasteiger partial charge on any atom is 0.248 e. The van der Waals surface area contributed by atoms with Crippen LogP contribution in [-0.4, -0.2) is 54.5 Å². The Kier molecular flexibility index (Phi) is 6.28. The lowest BCUT2D eigenvalue weighted by atomic mass is 9.95. The molecular formula is C25H29N5O. The lowest BCUT2D eigenvalue weighted by Gasteiger charge is -2.19. The molecule has 1 fully saturated rings. The maximum absolute atomic E-state index is 11.4. The third-order valence-corrected chi connectivity index (χ3v) is 5.90. The van der Waals surface area contributed by atoms with Gasteiger partial charge in [-0.15, -0.1) is 0 Å². The zero-order chi connectivity index (χ0) is 21.8. The molecule has 1 atom stereocenters. The lowest BCUT2D eigenvalue weighted by Crippen LogP contribution is -2.23. The van der Waals surface area contributed by atoms with Crippen molar-refractivity contribution in [3.05, 3.63) is 77.6 Å². The van der Waals surface area contributed by atoms with E-state index in [1.54, 1.807) is 12.1 Å². The number of nitrogens with zero attached hydrogens (tertiary/aromatic N) is 4. The van der Waals surface area contributed by atoms with Crippen molar-refractivity contribution in [1.82, 2.24) is 14.9 Å². The fourth-order valence-electron chi connectivity index (χ4n) is 4.14. The van der Waals surface area contributed by atoms with Crippen molar-refractivity contribution in [3.8, 4) is 11.1 Å². The summed E-state index contributed by atoms with van der Waals surface area (Å²) in [5.41, 5.74) is 10.4. The monoisotopic (exact) mass is 415 g/mol. The second-order valence-corrected chi connectivity index (χ2v) is 8.33. The van der Waals surface area contributed by atoms with E-state index in [-0.39, 0.29) is 0 Å². The van der Waals surface area contributed by atoms with Gasteiger partial charge in [0.2, 0.25) is 11.9 Å². The molecule has 2 N–H and O–H groups in total. The standard InChI is InChI=1S/C25H29N5O/c1-29(2)25-27-16-22(19-8-10-20(11-9-19)24(26)31)23(28-25)21-13-15-30(17-21)14-12-18-6-4-3-5-7-18/h3-11,16,21H,12-15,17H2,1-2H3,(H2,26,31)/t21-/m1/s1. The fourth-order valence-corrected chi connectivity index (χ4v) is 4.14. The van der Waals surface area contributed by atoms with Crippen LogP contribution >= 0.6 is 0 Å². The smallest absolute Gasteiger partial charge is 0.248 e. The van der Waals surface area contributed by atoms with Gasteiger partial charge in [-0.2, -0.15) is 0 Å². The molecule has 3 aromatic rings. The summed E-state index contributed by atoms with van der Waals surface area (Å²) in [5.74, 6) is 0.648. The van der Waals surface area contributed by atoms with Gasteiger partial charge in [0, 0.05) is 50.4 Å². The van der Waals surface area contributed by atoms with Crippen LogP contribution < -0.4 is 10.6 Å². The molecule has 2 heterocycles. The van der Waals surface area contributed by atoms with Crippen LogP contribution in [0.1, 0.15) is 34.0 Å². The fraction of sp³-hybridized carbons (Fsp3) is 0.320. The van der Waals surface area contributed by atoms with E-state index in [1.165, 1.54) is 5.56 Å². The number of primary amides is 1. The first-order valence-corrected chi connectivity index (χ1v) is 10.7. The van der Waals surface area contributed by atoms with Crippen LogP contribution in [-0.2, 0) is 6.42 Å². The Morgan fingerprint density at radius 3 is 2.55 bits per heavy atom.